The van der Waals surface area contributed by atoms with Crippen LogP contribution in [0, 0.1) is 20.2 Å². The van der Waals surface area contributed by atoms with E-state index in [2.05, 4.69) is 32.7 Å². The number of aromatic carboxylic acids is 1. The number of rotatable bonds is 3. The minimum Gasteiger partial charge on any atom is -0.545 e. The number of nitrogens with two attached hydrogens (primary N) is 1. The van der Waals surface area contributed by atoms with E-state index in [-0.39, 0.29) is 5.41 Å². The first-order valence-corrected chi connectivity index (χ1v) is 9.54. The summed E-state index contributed by atoms with van der Waals surface area (Å²) in [6.45, 7) is 9.21. The van der Waals surface area contributed by atoms with E-state index in [9.17, 15) is 30.1 Å². The van der Waals surface area contributed by atoms with E-state index in [4.69, 9.17) is 5.73 Å². The maximum absolute atomic E-state index is 10.4. The number of aromatic amines is 1. The third-order valence-electron chi connectivity index (χ3n) is 4.91. The number of non-ortho nitro benzene ring substituents is 2. The van der Waals surface area contributed by atoms with Gasteiger partial charge in [0.05, 0.1) is 26.8 Å². The molecule has 3 N–H and O–H groups in total. The number of aromatic nitrogens is 1. The summed E-state index contributed by atoms with van der Waals surface area (Å²) in [6, 6.07) is 2.07. The Balaban J connectivity index is 0.000000207. The van der Waals surface area contributed by atoms with Gasteiger partial charge in [0.2, 0.25) is 0 Å². The van der Waals surface area contributed by atoms with Crippen LogP contribution < -0.4 is 15.8 Å². The van der Waals surface area contributed by atoms with E-state index >= 15 is 0 Å². The number of nitro benzene ring substituents is 2. The molecule has 0 saturated carbocycles. The van der Waals surface area contributed by atoms with Gasteiger partial charge in [-0.1, -0.05) is 39.0 Å². The van der Waals surface area contributed by atoms with Crippen molar-refractivity contribution in [3.8, 4) is 0 Å². The van der Waals surface area contributed by atoms with Crippen LogP contribution in [0.4, 0.5) is 16.5 Å². The Morgan fingerprint density at radius 2 is 1.52 bits per heavy atom. The van der Waals surface area contributed by atoms with E-state index in [0.717, 1.165) is 5.13 Å². The smallest absolute Gasteiger partial charge is 0.329 e. The highest BCUT2D eigenvalue weighted by Gasteiger charge is 2.42. The zero-order valence-electron chi connectivity index (χ0n) is 16.5. The number of carboxylic acids is 1. The summed E-state index contributed by atoms with van der Waals surface area (Å²) >= 11 is 1.72. The molecule has 0 unspecified atom stereocenters. The van der Waals surface area contributed by atoms with Crippen LogP contribution in [0.5, 0.6) is 0 Å². The number of hydrogen-bond donors (Lipinski definition) is 1. The van der Waals surface area contributed by atoms with Crippen molar-refractivity contribution < 1.29 is 24.7 Å². The second-order valence-electron chi connectivity index (χ2n) is 8.10. The van der Waals surface area contributed by atoms with Gasteiger partial charge in [-0.25, -0.2) is 4.98 Å². The number of fused-ring (bicyclic) bond motifs is 1. The number of carbonyl (C=O) groups excluding carboxylic acids is 1. The van der Waals surface area contributed by atoms with Crippen LogP contribution in [-0.2, 0) is 10.8 Å². The summed E-state index contributed by atoms with van der Waals surface area (Å²) in [5.74, 6) is -1.71. The fourth-order valence-corrected chi connectivity index (χ4v) is 4.29. The van der Waals surface area contributed by atoms with E-state index in [1.54, 1.807) is 11.3 Å². The Labute approximate surface area is 170 Å². The molecule has 0 radical (unpaired) electrons. The number of hydrogen-bond acceptors (Lipinski definition) is 8. The molecule has 1 heterocycles. The van der Waals surface area contributed by atoms with Gasteiger partial charge in [0, 0.05) is 28.5 Å². The summed E-state index contributed by atoms with van der Waals surface area (Å²) in [6.07, 6.45) is 2.49. The van der Waals surface area contributed by atoms with Gasteiger partial charge in [-0.3, -0.25) is 26.0 Å². The van der Waals surface area contributed by atoms with Crippen LogP contribution in [0.2, 0.25) is 0 Å². The van der Waals surface area contributed by atoms with Crippen molar-refractivity contribution >= 4 is 33.8 Å². The lowest BCUT2D eigenvalue weighted by atomic mass is 9.69. The summed E-state index contributed by atoms with van der Waals surface area (Å²) < 4.78 is 0. The lowest BCUT2D eigenvalue weighted by Crippen LogP contribution is -2.36. The number of nitrogen functional groups attached to an aromatic ring is 1. The monoisotopic (exact) mass is 422 g/mol. The van der Waals surface area contributed by atoms with Crippen LogP contribution >= 0.6 is 11.3 Å². The summed E-state index contributed by atoms with van der Waals surface area (Å²) in [5.41, 5.74) is 5.85. The molecular weight excluding hydrogens is 400 g/mol. The number of benzene rings is 1. The number of nitrogens with one attached hydrogen (secondary N) is 1. The molecule has 1 aromatic heterocycles. The number of carboxylic acid groups (broad SMARTS) is 1. The SMILES string of the molecule is CC1(C)CCC(C)(C)c2sc(N)[nH+]c21.O=C([O-])c1cc([N+](=O)[O-])cc([N+](=O)[O-])c1. The Kier molecular flexibility index (Phi) is 5.93. The molecule has 0 bridgehead atoms. The van der Waals surface area contributed by atoms with Crippen molar-refractivity contribution in [2.45, 2.75) is 51.4 Å². The Hall–Kier alpha value is -3.08. The highest BCUT2D eigenvalue weighted by Crippen LogP contribution is 2.46. The second kappa shape index (κ2) is 7.74. The number of thiazole rings is 1. The van der Waals surface area contributed by atoms with E-state index in [1.165, 1.54) is 23.4 Å². The third-order valence-corrected chi connectivity index (χ3v) is 6.20. The summed E-state index contributed by atoms with van der Waals surface area (Å²) in [7, 11) is 0. The average molecular weight is 422 g/mol. The molecule has 0 saturated heterocycles. The molecule has 1 aliphatic rings. The second-order valence-corrected chi connectivity index (χ2v) is 9.16. The van der Waals surface area contributed by atoms with Gasteiger partial charge in [0.15, 0.2) is 0 Å². The molecule has 2 aromatic rings. The molecule has 10 nitrogen and oxygen atoms in total. The predicted octanol–water partition coefficient (Wildman–Crippen LogP) is 2.36. The lowest BCUT2D eigenvalue weighted by molar-refractivity contribution is -0.394. The standard InChI is InChI=1S/C11H18N2S.C7H4N2O6/c1-10(2)5-6-11(3,4)8-7(10)13-9(12)14-8;10-7(11)4-1-5(8(12)13)3-6(2-4)9(14)15/h5-6H2,1-4H3,(H2,12,13);1-3H,(H,10,11). The largest absolute Gasteiger partial charge is 0.545 e. The highest BCUT2D eigenvalue weighted by molar-refractivity contribution is 7.15. The molecule has 0 fully saturated rings. The molecule has 156 valence electrons. The summed E-state index contributed by atoms with van der Waals surface area (Å²) in [4.78, 5) is 34.0. The number of nitro groups is 2. The van der Waals surface area contributed by atoms with Gasteiger partial charge < -0.3 is 9.90 Å². The molecular formula is C18H22N4O6S. The maximum atomic E-state index is 10.4. The maximum Gasteiger partial charge on any atom is 0.329 e. The Morgan fingerprint density at radius 1 is 1.03 bits per heavy atom. The fraction of sp³-hybridized carbons (Fsp3) is 0.444. The molecule has 0 amide bonds. The third kappa shape index (κ3) is 4.86. The van der Waals surface area contributed by atoms with Gasteiger partial charge in [-0.2, -0.15) is 0 Å². The molecule has 0 spiro atoms. The number of nitrogens with zero attached hydrogens (tertiary/aromatic N) is 2. The molecule has 0 atom stereocenters. The quantitative estimate of drug-likeness (QED) is 0.585. The highest BCUT2D eigenvalue weighted by atomic mass is 32.1. The molecule has 1 aliphatic carbocycles. The van der Waals surface area contributed by atoms with E-state index < -0.39 is 32.8 Å². The van der Waals surface area contributed by atoms with Crippen LogP contribution in [0.25, 0.3) is 0 Å². The first-order chi connectivity index (χ1) is 13.2. The number of H-pyrrole nitrogens is 1. The topological polar surface area (TPSA) is 167 Å². The minimum absolute atomic E-state index is 0.263. The Bertz CT molecular complexity index is 870. The van der Waals surface area contributed by atoms with E-state index in [0.29, 0.717) is 23.6 Å². The zero-order valence-corrected chi connectivity index (χ0v) is 17.3. The van der Waals surface area contributed by atoms with Crippen LogP contribution in [0.1, 0.15) is 61.5 Å². The predicted molar refractivity (Wildman–Crippen MR) is 105 cm³/mol. The van der Waals surface area contributed by atoms with Gasteiger partial charge in [0.25, 0.3) is 11.4 Å². The van der Waals surface area contributed by atoms with Crippen LogP contribution in [0.15, 0.2) is 18.2 Å². The van der Waals surface area contributed by atoms with Crippen LogP contribution in [-0.4, -0.2) is 15.8 Å². The van der Waals surface area contributed by atoms with Crippen molar-refractivity contribution in [3.63, 3.8) is 0 Å². The van der Waals surface area contributed by atoms with Crippen molar-refractivity contribution in [2.75, 3.05) is 5.73 Å². The molecule has 3 rings (SSSR count). The minimum atomic E-state index is -1.71. The Morgan fingerprint density at radius 3 is 1.93 bits per heavy atom. The summed E-state index contributed by atoms with van der Waals surface area (Å²) in [5, 5.41) is 31.9. The lowest BCUT2D eigenvalue weighted by Gasteiger charge is -2.36. The van der Waals surface area contributed by atoms with Gasteiger partial charge >= 0.3 is 5.13 Å². The van der Waals surface area contributed by atoms with E-state index in [1.807, 2.05) is 0 Å². The zero-order chi connectivity index (χ0) is 22.1. The van der Waals surface area contributed by atoms with Crippen molar-refractivity contribution in [1.29, 1.82) is 0 Å². The molecule has 1 aromatic carbocycles. The fourth-order valence-electron chi connectivity index (χ4n) is 3.11. The van der Waals surface area contributed by atoms with Gasteiger partial charge in [0.1, 0.15) is 5.69 Å². The number of carbonyl (C=O) groups is 1. The number of anilines is 1. The molecule has 11 heteroatoms. The van der Waals surface area contributed by atoms with Crippen molar-refractivity contribution in [2.24, 2.45) is 0 Å². The van der Waals surface area contributed by atoms with Crippen molar-refractivity contribution in [1.82, 2.24) is 0 Å². The van der Waals surface area contributed by atoms with Gasteiger partial charge in [-0.15, -0.1) is 0 Å². The molecule has 29 heavy (non-hydrogen) atoms. The molecule has 0 aliphatic heterocycles. The first kappa shape index (κ1) is 22.2. The van der Waals surface area contributed by atoms with Crippen LogP contribution in [0.3, 0.4) is 0 Å². The first-order valence-electron chi connectivity index (χ1n) is 8.72. The van der Waals surface area contributed by atoms with Crippen molar-refractivity contribution in [3.05, 3.63) is 54.6 Å². The average Bonchev–Trinajstić information content (AvgIpc) is 3.03. The van der Waals surface area contributed by atoms with Gasteiger partial charge in [-0.05, 0) is 12.8 Å². The normalized spacial score (nSPS) is 16.1.